The van der Waals surface area contributed by atoms with E-state index in [0.29, 0.717) is 6.07 Å². The Bertz CT molecular complexity index is 370. The highest BCUT2D eigenvalue weighted by Crippen LogP contribution is 2.33. The van der Waals surface area contributed by atoms with Crippen LogP contribution < -0.4 is 5.73 Å². The van der Waals surface area contributed by atoms with E-state index in [1.165, 1.54) is 12.1 Å². The molecule has 0 aliphatic carbocycles. The first-order valence-electron chi connectivity index (χ1n) is 4.11. The molecule has 0 fully saturated rings. The van der Waals surface area contributed by atoms with E-state index >= 15 is 0 Å². The zero-order valence-corrected chi connectivity index (χ0v) is 7.68. The quantitative estimate of drug-likeness (QED) is 0.600. The highest BCUT2D eigenvalue weighted by Gasteiger charge is 2.35. The van der Waals surface area contributed by atoms with Crippen molar-refractivity contribution in [3.63, 3.8) is 0 Å². The van der Waals surface area contributed by atoms with Crippen LogP contribution in [0.1, 0.15) is 17.2 Å². The second-order valence-corrected chi connectivity index (χ2v) is 2.97. The van der Waals surface area contributed by atoms with Crippen molar-refractivity contribution in [3.05, 3.63) is 47.8 Å². The Labute approximate surface area is 84.2 Å². The van der Waals surface area contributed by atoms with E-state index in [0.717, 1.165) is 6.07 Å². The molecule has 0 radical (unpaired) electrons. The van der Waals surface area contributed by atoms with Gasteiger partial charge in [0.1, 0.15) is 5.82 Å². The highest BCUT2D eigenvalue weighted by molar-refractivity contribution is 5.31. The van der Waals surface area contributed by atoms with E-state index in [2.05, 4.69) is 6.58 Å². The average molecular weight is 219 g/mol. The Balaban J connectivity index is 3.29. The molecule has 0 aliphatic rings. The number of hydrogen-bond donors (Lipinski definition) is 1. The molecule has 0 aromatic heterocycles. The van der Waals surface area contributed by atoms with E-state index in [9.17, 15) is 17.6 Å². The van der Waals surface area contributed by atoms with E-state index in [1.807, 2.05) is 0 Å². The molecular weight excluding hydrogens is 210 g/mol. The van der Waals surface area contributed by atoms with Gasteiger partial charge in [-0.1, -0.05) is 18.2 Å². The Morgan fingerprint density at radius 1 is 1.33 bits per heavy atom. The second-order valence-electron chi connectivity index (χ2n) is 2.97. The summed E-state index contributed by atoms with van der Waals surface area (Å²) >= 11 is 0. The number of hydrogen-bond acceptors (Lipinski definition) is 1. The third-order valence-corrected chi connectivity index (χ3v) is 1.95. The zero-order valence-electron chi connectivity index (χ0n) is 7.68. The highest BCUT2D eigenvalue weighted by atomic mass is 19.4. The lowest BCUT2D eigenvalue weighted by Gasteiger charge is -2.13. The average Bonchev–Trinajstić information content (AvgIpc) is 2.15. The molecule has 0 amide bonds. The Morgan fingerprint density at radius 2 is 1.93 bits per heavy atom. The zero-order chi connectivity index (χ0) is 11.6. The van der Waals surface area contributed by atoms with Gasteiger partial charge in [0.15, 0.2) is 0 Å². The summed E-state index contributed by atoms with van der Waals surface area (Å²) in [7, 11) is 0. The molecule has 1 nitrogen and oxygen atoms in total. The van der Waals surface area contributed by atoms with Crippen LogP contribution in [-0.4, -0.2) is 0 Å². The molecule has 1 atom stereocenters. The molecular formula is C10H9F4N. The molecule has 2 N–H and O–H groups in total. The summed E-state index contributed by atoms with van der Waals surface area (Å²) in [6.45, 7) is 3.30. The predicted molar refractivity (Wildman–Crippen MR) is 48.5 cm³/mol. The fraction of sp³-hybridized carbons (Fsp3) is 0.200. The monoisotopic (exact) mass is 219 g/mol. The van der Waals surface area contributed by atoms with Gasteiger partial charge in [-0.15, -0.1) is 6.58 Å². The largest absolute Gasteiger partial charge is 0.419 e. The summed E-state index contributed by atoms with van der Waals surface area (Å²) in [5.74, 6) is -1.34. The summed E-state index contributed by atoms with van der Waals surface area (Å²) < 4.78 is 50.2. The SMILES string of the molecule is C=C[C@H](N)c1cccc(C(F)(F)F)c1F. The van der Waals surface area contributed by atoms with Gasteiger partial charge in [-0.25, -0.2) is 4.39 Å². The van der Waals surface area contributed by atoms with Gasteiger partial charge in [-0.05, 0) is 6.07 Å². The maximum atomic E-state index is 13.4. The van der Waals surface area contributed by atoms with Crippen molar-refractivity contribution in [3.8, 4) is 0 Å². The topological polar surface area (TPSA) is 26.0 Å². The maximum Gasteiger partial charge on any atom is 0.419 e. The van der Waals surface area contributed by atoms with E-state index in [1.54, 1.807) is 0 Å². The Kier molecular flexibility index (Phi) is 3.14. The van der Waals surface area contributed by atoms with Gasteiger partial charge < -0.3 is 5.73 Å². The fourth-order valence-electron chi connectivity index (χ4n) is 1.15. The van der Waals surface area contributed by atoms with Gasteiger partial charge in [0.2, 0.25) is 0 Å². The van der Waals surface area contributed by atoms with Gasteiger partial charge in [0.05, 0.1) is 11.6 Å². The van der Waals surface area contributed by atoms with Gasteiger partial charge in [0.25, 0.3) is 0 Å². The molecule has 5 heteroatoms. The summed E-state index contributed by atoms with van der Waals surface area (Å²) in [4.78, 5) is 0. The van der Waals surface area contributed by atoms with Crippen molar-refractivity contribution in [2.45, 2.75) is 12.2 Å². The van der Waals surface area contributed by atoms with E-state index < -0.39 is 23.6 Å². The van der Waals surface area contributed by atoms with Crippen LogP contribution in [-0.2, 0) is 6.18 Å². The standard InChI is InChI=1S/C10H9F4N/c1-2-8(15)6-4-3-5-7(9(6)11)10(12,13)14/h2-5,8H,1,15H2/t8-/m0/s1. The van der Waals surface area contributed by atoms with Gasteiger partial charge >= 0.3 is 6.18 Å². The first-order valence-corrected chi connectivity index (χ1v) is 4.11. The molecule has 0 unspecified atom stereocenters. The van der Waals surface area contributed by atoms with Gasteiger partial charge in [0, 0.05) is 5.56 Å². The molecule has 0 saturated heterocycles. The van der Waals surface area contributed by atoms with Crippen LogP contribution >= 0.6 is 0 Å². The van der Waals surface area contributed by atoms with E-state index in [-0.39, 0.29) is 5.56 Å². The number of benzene rings is 1. The molecule has 82 valence electrons. The van der Waals surface area contributed by atoms with Crippen molar-refractivity contribution in [2.75, 3.05) is 0 Å². The number of rotatable bonds is 2. The van der Waals surface area contributed by atoms with Gasteiger partial charge in [-0.3, -0.25) is 0 Å². The van der Waals surface area contributed by atoms with E-state index in [4.69, 9.17) is 5.73 Å². The van der Waals surface area contributed by atoms with Crippen LogP contribution in [0.4, 0.5) is 17.6 Å². The maximum absolute atomic E-state index is 13.4. The first-order chi connectivity index (χ1) is 6.88. The molecule has 0 bridgehead atoms. The summed E-state index contributed by atoms with van der Waals surface area (Å²) in [5, 5.41) is 0. The Morgan fingerprint density at radius 3 is 2.40 bits per heavy atom. The molecule has 0 aliphatic heterocycles. The van der Waals surface area contributed by atoms with Crippen LogP contribution in [0.3, 0.4) is 0 Å². The second kappa shape index (κ2) is 4.02. The smallest absolute Gasteiger partial charge is 0.321 e. The Hall–Kier alpha value is -1.36. The third kappa shape index (κ3) is 2.36. The van der Waals surface area contributed by atoms with Crippen molar-refractivity contribution in [2.24, 2.45) is 5.73 Å². The predicted octanol–water partition coefficient (Wildman–Crippen LogP) is 3.03. The summed E-state index contributed by atoms with van der Waals surface area (Å²) in [6.07, 6.45) is -3.53. The number of nitrogens with two attached hydrogens (primary N) is 1. The van der Waals surface area contributed by atoms with Crippen LogP contribution in [0.25, 0.3) is 0 Å². The molecule has 0 heterocycles. The molecule has 0 saturated carbocycles. The van der Waals surface area contributed by atoms with Crippen molar-refractivity contribution in [1.82, 2.24) is 0 Å². The lowest BCUT2D eigenvalue weighted by Crippen LogP contribution is -2.14. The lowest BCUT2D eigenvalue weighted by molar-refractivity contribution is -0.140. The fourth-order valence-corrected chi connectivity index (χ4v) is 1.15. The summed E-state index contributed by atoms with van der Waals surface area (Å²) in [6, 6.07) is 2.06. The lowest BCUT2D eigenvalue weighted by atomic mass is 10.0. The van der Waals surface area contributed by atoms with Crippen LogP contribution in [0.2, 0.25) is 0 Å². The summed E-state index contributed by atoms with van der Waals surface area (Å²) in [5.41, 5.74) is 3.87. The number of halogens is 4. The van der Waals surface area contributed by atoms with Crippen molar-refractivity contribution >= 4 is 0 Å². The van der Waals surface area contributed by atoms with Crippen LogP contribution in [0.5, 0.6) is 0 Å². The normalized spacial score (nSPS) is 13.7. The third-order valence-electron chi connectivity index (χ3n) is 1.95. The molecule has 1 aromatic carbocycles. The minimum atomic E-state index is -4.71. The molecule has 0 spiro atoms. The minimum Gasteiger partial charge on any atom is -0.321 e. The molecule has 1 aromatic rings. The molecule has 1 rings (SSSR count). The first kappa shape index (κ1) is 11.7. The molecule has 15 heavy (non-hydrogen) atoms. The van der Waals surface area contributed by atoms with Gasteiger partial charge in [-0.2, -0.15) is 13.2 Å². The van der Waals surface area contributed by atoms with Crippen LogP contribution in [0, 0.1) is 5.82 Å². The number of alkyl halides is 3. The van der Waals surface area contributed by atoms with Crippen molar-refractivity contribution in [1.29, 1.82) is 0 Å². The van der Waals surface area contributed by atoms with Crippen molar-refractivity contribution < 1.29 is 17.6 Å². The van der Waals surface area contributed by atoms with Crippen LogP contribution in [0.15, 0.2) is 30.9 Å². The minimum absolute atomic E-state index is 0.208.